The van der Waals surface area contributed by atoms with E-state index in [1.165, 1.54) is 13.2 Å². The number of hydrogen-bond donors (Lipinski definition) is 1. The van der Waals surface area contributed by atoms with Gasteiger partial charge in [0.1, 0.15) is 0 Å². The second-order valence-corrected chi connectivity index (χ2v) is 4.58. The number of anilines is 1. The third kappa shape index (κ3) is 3.24. The molecule has 1 unspecified atom stereocenters. The Morgan fingerprint density at radius 3 is 2.38 bits per heavy atom. The molecule has 2 rings (SSSR count). The molecule has 0 heterocycles. The van der Waals surface area contributed by atoms with Gasteiger partial charge in [0.2, 0.25) is 0 Å². The Labute approximate surface area is 122 Å². The summed E-state index contributed by atoms with van der Waals surface area (Å²) in [5.41, 5.74) is 0.994. The van der Waals surface area contributed by atoms with E-state index in [-0.39, 0.29) is 11.6 Å². The molecule has 2 aromatic carbocycles. The molecule has 0 saturated carbocycles. The van der Waals surface area contributed by atoms with E-state index in [0.717, 1.165) is 11.8 Å². The number of hydrogen-bond acceptors (Lipinski definition) is 3. The minimum absolute atomic E-state index is 0.268. The lowest BCUT2D eigenvalue weighted by Crippen LogP contribution is -2.09. The molecule has 1 N–H and O–H groups in total. The van der Waals surface area contributed by atoms with Gasteiger partial charge in [-0.05, 0) is 25.1 Å². The zero-order valence-corrected chi connectivity index (χ0v) is 12.1. The molecule has 2 aromatic rings. The zero-order valence-electron chi connectivity index (χ0n) is 12.1. The smallest absolute Gasteiger partial charge is 0.164 e. The summed E-state index contributed by atoms with van der Waals surface area (Å²) in [6.45, 7) is 1.76. The second-order valence-electron chi connectivity index (χ2n) is 4.58. The zero-order chi connectivity index (χ0) is 15.4. The van der Waals surface area contributed by atoms with Crippen LogP contribution in [0.3, 0.4) is 0 Å². The van der Waals surface area contributed by atoms with Crippen LogP contribution in [0.4, 0.5) is 14.5 Å². The van der Waals surface area contributed by atoms with Gasteiger partial charge in [0.15, 0.2) is 23.1 Å². The van der Waals surface area contributed by atoms with Crippen LogP contribution in [0.2, 0.25) is 0 Å². The first-order chi connectivity index (χ1) is 10.1. The van der Waals surface area contributed by atoms with Crippen LogP contribution < -0.4 is 14.8 Å². The highest BCUT2D eigenvalue weighted by molar-refractivity contribution is 5.55. The van der Waals surface area contributed by atoms with Gasteiger partial charge in [-0.25, -0.2) is 8.78 Å². The second kappa shape index (κ2) is 6.43. The average molecular weight is 293 g/mol. The lowest BCUT2D eigenvalue weighted by Gasteiger charge is -2.18. The van der Waals surface area contributed by atoms with Gasteiger partial charge in [0.25, 0.3) is 0 Å². The number of rotatable bonds is 5. The van der Waals surface area contributed by atoms with Crippen molar-refractivity contribution in [2.45, 2.75) is 13.0 Å². The van der Waals surface area contributed by atoms with Crippen molar-refractivity contribution >= 4 is 5.69 Å². The summed E-state index contributed by atoms with van der Waals surface area (Å²) in [4.78, 5) is 0. The van der Waals surface area contributed by atoms with Crippen molar-refractivity contribution in [3.05, 3.63) is 53.6 Å². The molecule has 3 nitrogen and oxygen atoms in total. The summed E-state index contributed by atoms with van der Waals surface area (Å²) >= 11 is 0. The topological polar surface area (TPSA) is 30.5 Å². The SMILES string of the molecule is COc1ccc(NC(C)c2cccc(F)c2F)cc1OC. The largest absolute Gasteiger partial charge is 0.493 e. The van der Waals surface area contributed by atoms with Gasteiger partial charge in [-0.2, -0.15) is 0 Å². The third-order valence-electron chi connectivity index (χ3n) is 3.21. The number of halogens is 2. The molecule has 1 atom stereocenters. The summed E-state index contributed by atoms with van der Waals surface area (Å²) in [5.74, 6) is -0.520. The maximum Gasteiger partial charge on any atom is 0.164 e. The van der Waals surface area contributed by atoms with E-state index in [9.17, 15) is 8.78 Å². The summed E-state index contributed by atoms with van der Waals surface area (Å²) < 4.78 is 37.4. The minimum atomic E-state index is -0.853. The number of ether oxygens (including phenoxy) is 2. The monoisotopic (exact) mass is 293 g/mol. The fraction of sp³-hybridized carbons (Fsp3) is 0.250. The first kappa shape index (κ1) is 15.1. The van der Waals surface area contributed by atoms with Crippen LogP contribution in [0.25, 0.3) is 0 Å². The molecular weight excluding hydrogens is 276 g/mol. The Kier molecular flexibility index (Phi) is 4.62. The van der Waals surface area contributed by atoms with Gasteiger partial charge >= 0.3 is 0 Å². The van der Waals surface area contributed by atoms with Gasteiger partial charge in [0, 0.05) is 17.3 Å². The van der Waals surface area contributed by atoms with Gasteiger partial charge in [-0.3, -0.25) is 0 Å². The van der Waals surface area contributed by atoms with Crippen LogP contribution in [0.5, 0.6) is 11.5 Å². The number of nitrogens with one attached hydrogen (secondary N) is 1. The Morgan fingerprint density at radius 1 is 1.00 bits per heavy atom. The first-order valence-electron chi connectivity index (χ1n) is 6.49. The van der Waals surface area contributed by atoms with Crippen molar-refractivity contribution < 1.29 is 18.3 Å². The highest BCUT2D eigenvalue weighted by atomic mass is 19.2. The molecule has 0 radical (unpaired) electrons. The van der Waals surface area contributed by atoms with Crippen molar-refractivity contribution in [2.24, 2.45) is 0 Å². The van der Waals surface area contributed by atoms with Gasteiger partial charge < -0.3 is 14.8 Å². The Bertz CT molecular complexity index is 632. The van der Waals surface area contributed by atoms with Crippen molar-refractivity contribution in [3.63, 3.8) is 0 Å². The van der Waals surface area contributed by atoms with Crippen LogP contribution >= 0.6 is 0 Å². The van der Waals surface area contributed by atoms with Crippen LogP contribution in [0.15, 0.2) is 36.4 Å². The predicted octanol–water partition coefficient (Wildman–Crippen LogP) is 4.16. The average Bonchev–Trinajstić information content (AvgIpc) is 2.49. The van der Waals surface area contributed by atoms with Crippen molar-refractivity contribution in [1.29, 1.82) is 0 Å². The maximum absolute atomic E-state index is 13.8. The quantitative estimate of drug-likeness (QED) is 0.898. The Balaban J connectivity index is 2.23. The summed E-state index contributed by atoms with van der Waals surface area (Å²) in [7, 11) is 3.09. The highest BCUT2D eigenvalue weighted by Crippen LogP contribution is 2.31. The highest BCUT2D eigenvalue weighted by Gasteiger charge is 2.14. The van der Waals surface area contributed by atoms with E-state index >= 15 is 0 Å². The van der Waals surface area contributed by atoms with E-state index in [1.807, 2.05) is 0 Å². The fourth-order valence-corrected chi connectivity index (χ4v) is 2.11. The summed E-state index contributed by atoms with van der Waals surface area (Å²) in [5, 5.41) is 3.11. The fourth-order valence-electron chi connectivity index (χ4n) is 2.11. The molecule has 21 heavy (non-hydrogen) atoms. The van der Waals surface area contributed by atoms with Crippen molar-refractivity contribution in [1.82, 2.24) is 0 Å². The molecule has 0 saturated heterocycles. The number of benzene rings is 2. The molecule has 0 spiro atoms. The molecule has 0 amide bonds. The van der Waals surface area contributed by atoms with Crippen LogP contribution in [0.1, 0.15) is 18.5 Å². The lowest BCUT2D eigenvalue weighted by molar-refractivity contribution is 0.355. The van der Waals surface area contributed by atoms with Gasteiger partial charge in [-0.1, -0.05) is 12.1 Å². The van der Waals surface area contributed by atoms with Crippen LogP contribution in [-0.4, -0.2) is 14.2 Å². The van der Waals surface area contributed by atoms with Crippen LogP contribution in [-0.2, 0) is 0 Å². The number of methoxy groups -OCH3 is 2. The maximum atomic E-state index is 13.8. The molecule has 0 bridgehead atoms. The van der Waals surface area contributed by atoms with Gasteiger partial charge in [-0.15, -0.1) is 0 Å². The standard InChI is InChI=1S/C16H17F2NO2/c1-10(12-5-4-6-13(17)16(12)18)19-11-7-8-14(20-2)15(9-11)21-3/h4-10,19H,1-3H3. The van der Waals surface area contributed by atoms with E-state index in [1.54, 1.807) is 38.3 Å². The predicted molar refractivity (Wildman–Crippen MR) is 77.9 cm³/mol. The van der Waals surface area contributed by atoms with Crippen molar-refractivity contribution in [2.75, 3.05) is 19.5 Å². The van der Waals surface area contributed by atoms with E-state index in [4.69, 9.17) is 9.47 Å². The normalized spacial score (nSPS) is 11.9. The third-order valence-corrected chi connectivity index (χ3v) is 3.21. The summed E-state index contributed by atoms with van der Waals surface area (Å²) in [6.07, 6.45) is 0. The molecule has 5 heteroatoms. The molecular formula is C16H17F2NO2. The molecule has 112 valence electrons. The molecule has 0 aliphatic carbocycles. The van der Waals surface area contributed by atoms with E-state index in [2.05, 4.69) is 5.32 Å². The van der Waals surface area contributed by atoms with Gasteiger partial charge in [0.05, 0.1) is 20.3 Å². The molecule has 0 aromatic heterocycles. The van der Waals surface area contributed by atoms with Crippen LogP contribution in [0, 0.1) is 11.6 Å². The Hall–Kier alpha value is -2.30. The van der Waals surface area contributed by atoms with E-state index in [0.29, 0.717) is 11.5 Å². The van der Waals surface area contributed by atoms with Crippen molar-refractivity contribution in [3.8, 4) is 11.5 Å². The molecule has 0 aliphatic rings. The Morgan fingerprint density at radius 2 is 1.71 bits per heavy atom. The minimum Gasteiger partial charge on any atom is -0.493 e. The summed E-state index contributed by atoms with van der Waals surface area (Å²) in [6, 6.07) is 9.02. The molecule has 0 fully saturated rings. The lowest BCUT2D eigenvalue weighted by atomic mass is 10.1. The first-order valence-corrected chi connectivity index (χ1v) is 6.49. The molecule has 0 aliphatic heterocycles. The van der Waals surface area contributed by atoms with E-state index < -0.39 is 11.6 Å².